The quantitative estimate of drug-likeness (QED) is 0.277. The molecular formula is C28H28N6O3. The highest BCUT2D eigenvalue weighted by atomic mass is 16.5. The molecule has 0 unspecified atom stereocenters. The molecule has 0 atom stereocenters. The second kappa shape index (κ2) is 10.5. The minimum atomic E-state index is -1.33. The van der Waals surface area contributed by atoms with Crippen molar-refractivity contribution in [3.63, 3.8) is 0 Å². The Balaban J connectivity index is 0.000000655. The lowest BCUT2D eigenvalue weighted by Gasteiger charge is -2.20. The van der Waals surface area contributed by atoms with Crippen LogP contribution in [-0.4, -0.2) is 30.6 Å². The number of nitrogen functional groups attached to an aromatic ring is 1. The highest BCUT2D eigenvalue weighted by Crippen LogP contribution is 2.37. The van der Waals surface area contributed by atoms with Crippen LogP contribution in [-0.2, 0) is 0 Å². The van der Waals surface area contributed by atoms with Crippen molar-refractivity contribution in [2.45, 2.75) is 38.0 Å². The number of nitrogens with two attached hydrogens (primary N) is 2. The number of hydrogen-bond acceptors (Lipinski definition) is 6. The van der Waals surface area contributed by atoms with Gasteiger partial charge < -0.3 is 21.3 Å². The Morgan fingerprint density at radius 3 is 2.49 bits per heavy atom. The molecule has 37 heavy (non-hydrogen) atoms. The van der Waals surface area contributed by atoms with Gasteiger partial charge in [-0.25, -0.2) is 19.7 Å². The summed E-state index contributed by atoms with van der Waals surface area (Å²) >= 11 is 0. The van der Waals surface area contributed by atoms with Crippen LogP contribution in [0.1, 0.15) is 43.8 Å². The minimum absolute atomic E-state index is 0.450. The number of ether oxygens (including phenoxy) is 1. The lowest BCUT2D eigenvalue weighted by molar-refractivity contribution is 0.205. The average molecular weight is 497 g/mol. The molecule has 2 aromatic carbocycles. The highest BCUT2D eigenvalue weighted by molar-refractivity contribution is 5.90. The third-order valence-corrected chi connectivity index (χ3v) is 6.49. The minimum Gasteiger partial charge on any atom is -0.465 e. The molecule has 0 radical (unpaired) electrons. The van der Waals surface area contributed by atoms with Crippen molar-refractivity contribution >= 4 is 28.3 Å². The standard InChI is InChI=1S/C27H25N5O.CH3NO2/c28-26-25-24(31-27(32(25)16-15-29-26)19-7-3-1-4-8-19)20-12-11-18-13-14-23(30-22(18)17-20)33-21-9-5-2-6-10-21;2-1(3)4/h2,5-6,9-17,19H,1,3-4,7-8H2,(H2,28,29);2H2,(H,3,4). The first kappa shape index (κ1) is 24.1. The van der Waals surface area contributed by atoms with E-state index in [2.05, 4.69) is 33.3 Å². The second-order valence-electron chi connectivity index (χ2n) is 8.99. The first-order valence-electron chi connectivity index (χ1n) is 12.2. The summed E-state index contributed by atoms with van der Waals surface area (Å²) in [5, 5.41) is 8.24. The van der Waals surface area contributed by atoms with Gasteiger partial charge in [0, 0.05) is 35.3 Å². The first-order chi connectivity index (χ1) is 18.0. The predicted octanol–water partition coefficient (Wildman–Crippen LogP) is 5.99. The van der Waals surface area contributed by atoms with E-state index in [-0.39, 0.29) is 0 Å². The summed E-state index contributed by atoms with van der Waals surface area (Å²) < 4.78 is 8.08. The molecule has 9 heteroatoms. The van der Waals surface area contributed by atoms with E-state index < -0.39 is 6.09 Å². The van der Waals surface area contributed by atoms with Crippen LogP contribution in [0.2, 0.25) is 0 Å². The van der Waals surface area contributed by atoms with Crippen molar-refractivity contribution in [1.29, 1.82) is 0 Å². The van der Waals surface area contributed by atoms with Gasteiger partial charge >= 0.3 is 6.09 Å². The van der Waals surface area contributed by atoms with E-state index in [1.54, 1.807) is 6.20 Å². The number of aromatic nitrogens is 4. The molecular weight excluding hydrogens is 468 g/mol. The maximum atomic E-state index is 8.78. The Hall–Kier alpha value is -4.66. The Morgan fingerprint density at radius 2 is 1.73 bits per heavy atom. The average Bonchev–Trinajstić information content (AvgIpc) is 3.30. The number of fused-ring (bicyclic) bond motifs is 2. The lowest BCUT2D eigenvalue weighted by atomic mass is 9.89. The molecule has 3 heterocycles. The number of amides is 1. The second-order valence-corrected chi connectivity index (χ2v) is 8.99. The van der Waals surface area contributed by atoms with Crippen molar-refractivity contribution in [3.05, 3.63) is 78.9 Å². The fourth-order valence-electron chi connectivity index (χ4n) is 4.85. The summed E-state index contributed by atoms with van der Waals surface area (Å²) in [6.07, 6.45) is 8.55. The number of carboxylic acid groups (broad SMARTS) is 1. The number of carbonyl (C=O) groups is 1. The van der Waals surface area contributed by atoms with Gasteiger partial charge in [0.2, 0.25) is 5.88 Å². The third-order valence-electron chi connectivity index (χ3n) is 6.49. The predicted molar refractivity (Wildman–Crippen MR) is 143 cm³/mol. The zero-order valence-corrected chi connectivity index (χ0v) is 20.2. The van der Waals surface area contributed by atoms with Crippen molar-refractivity contribution in [2.24, 2.45) is 5.73 Å². The van der Waals surface area contributed by atoms with Gasteiger partial charge in [0.15, 0.2) is 0 Å². The Bertz CT molecular complexity index is 1540. The summed E-state index contributed by atoms with van der Waals surface area (Å²) in [6.45, 7) is 0. The number of anilines is 1. The highest BCUT2D eigenvalue weighted by Gasteiger charge is 2.24. The zero-order chi connectivity index (χ0) is 25.8. The molecule has 1 aliphatic carbocycles. The maximum absolute atomic E-state index is 8.78. The van der Waals surface area contributed by atoms with Gasteiger partial charge in [0.1, 0.15) is 28.6 Å². The molecule has 1 amide bonds. The number of benzene rings is 2. The van der Waals surface area contributed by atoms with Crippen LogP contribution >= 0.6 is 0 Å². The summed E-state index contributed by atoms with van der Waals surface area (Å²) in [4.78, 5) is 23.0. The summed E-state index contributed by atoms with van der Waals surface area (Å²) in [5.74, 6) is 3.35. The molecule has 188 valence electrons. The maximum Gasteiger partial charge on any atom is 0.402 e. The molecule has 1 saturated carbocycles. The molecule has 9 nitrogen and oxygen atoms in total. The molecule has 6 rings (SSSR count). The van der Waals surface area contributed by atoms with E-state index in [1.165, 1.54) is 32.1 Å². The Labute approximate surface area is 213 Å². The molecule has 0 spiro atoms. The number of nitrogens with zero attached hydrogens (tertiary/aromatic N) is 4. The van der Waals surface area contributed by atoms with Crippen LogP contribution < -0.4 is 16.2 Å². The van der Waals surface area contributed by atoms with Gasteiger partial charge in [0.05, 0.1) is 5.52 Å². The SMILES string of the molecule is NC(=O)O.Nc1nccn2c(C3CCCCC3)nc(-c3ccc4ccc(Oc5ccccc5)nc4c3)c12. The smallest absolute Gasteiger partial charge is 0.402 e. The largest absolute Gasteiger partial charge is 0.465 e. The van der Waals surface area contributed by atoms with Gasteiger partial charge in [-0.1, -0.05) is 49.6 Å². The number of rotatable bonds is 4. The van der Waals surface area contributed by atoms with Crippen molar-refractivity contribution in [2.75, 3.05) is 5.73 Å². The van der Waals surface area contributed by atoms with Crippen LogP contribution in [0, 0.1) is 0 Å². The molecule has 1 aliphatic rings. The van der Waals surface area contributed by atoms with Gasteiger partial charge in [-0.3, -0.25) is 4.40 Å². The summed E-state index contributed by atoms with van der Waals surface area (Å²) in [6, 6.07) is 19.8. The zero-order valence-electron chi connectivity index (χ0n) is 20.2. The van der Waals surface area contributed by atoms with Crippen molar-refractivity contribution < 1.29 is 14.6 Å². The van der Waals surface area contributed by atoms with Crippen molar-refractivity contribution in [3.8, 4) is 22.9 Å². The fourth-order valence-corrected chi connectivity index (χ4v) is 4.85. The summed E-state index contributed by atoms with van der Waals surface area (Å²) in [5.41, 5.74) is 13.9. The Morgan fingerprint density at radius 1 is 1.00 bits per heavy atom. The van der Waals surface area contributed by atoms with Crippen molar-refractivity contribution in [1.82, 2.24) is 19.4 Å². The molecule has 3 aromatic heterocycles. The van der Waals surface area contributed by atoms with Crippen LogP contribution in [0.5, 0.6) is 11.6 Å². The molecule has 5 aromatic rings. The van der Waals surface area contributed by atoms with Crippen LogP contribution in [0.3, 0.4) is 0 Å². The third kappa shape index (κ3) is 5.30. The molecule has 0 saturated heterocycles. The normalized spacial score (nSPS) is 13.7. The monoisotopic (exact) mass is 496 g/mol. The number of imidazole rings is 1. The van der Waals surface area contributed by atoms with E-state index >= 15 is 0 Å². The molecule has 0 bridgehead atoms. The van der Waals surface area contributed by atoms with E-state index in [9.17, 15) is 0 Å². The van der Waals surface area contributed by atoms with Crippen LogP contribution in [0.25, 0.3) is 27.7 Å². The number of hydrogen-bond donors (Lipinski definition) is 3. The molecule has 5 N–H and O–H groups in total. The topological polar surface area (TPSA) is 142 Å². The van der Waals surface area contributed by atoms with Crippen LogP contribution in [0.4, 0.5) is 10.6 Å². The van der Waals surface area contributed by atoms with E-state index in [0.29, 0.717) is 17.6 Å². The number of pyridine rings is 1. The Kier molecular flexibility index (Phi) is 6.85. The van der Waals surface area contributed by atoms with E-state index in [0.717, 1.165) is 39.3 Å². The van der Waals surface area contributed by atoms with Gasteiger partial charge in [-0.2, -0.15) is 0 Å². The number of primary amides is 1. The van der Waals surface area contributed by atoms with E-state index in [1.807, 2.05) is 48.7 Å². The summed E-state index contributed by atoms with van der Waals surface area (Å²) in [7, 11) is 0. The number of para-hydroxylation sites is 1. The van der Waals surface area contributed by atoms with Gasteiger partial charge in [0.25, 0.3) is 0 Å². The van der Waals surface area contributed by atoms with Gasteiger partial charge in [-0.05, 0) is 37.1 Å². The lowest BCUT2D eigenvalue weighted by Crippen LogP contribution is -2.09. The van der Waals surface area contributed by atoms with Gasteiger partial charge in [-0.15, -0.1) is 0 Å². The fraction of sp³-hybridized carbons (Fsp3) is 0.214. The molecule has 0 aliphatic heterocycles. The van der Waals surface area contributed by atoms with E-state index in [4.69, 9.17) is 30.3 Å². The first-order valence-corrected chi connectivity index (χ1v) is 12.2. The molecule has 1 fully saturated rings. The van der Waals surface area contributed by atoms with Crippen LogP contribution in [0.15, 0.2) is 73.1 Å².